The number of ketones is 1. The van der Waals surface area contributed by atoms with E-state index in [0.717, 1.165) is 25.5 Å². The van der Waals surface area contributed by atoms with Crippen molar-refractivity contribution in [3.63, 3.8) is 0 Å². The quantitative estimate of drug-likeness (QED) is 0.118. The van der Waals surface area contributed by atoms with E-state index in [1.165, 1.54) is 11.3 Å². The van der Waals surface area contributed by atoms with Crippen LogP contribution < -0.4 is 21.5 Å². The number of nitrogens with zero attached hydrogens (tertiary/aromatic N) is 2. The van der Waals surface area contributed by atoms with Crippen LogP contribution in [0.2, 0.25) is 0 Å². The molecular formula is C29H24Br2N2O3S2. The summed E-state index contributed by atoms with van der Waals surface area (Å²) in [4.78, 5) is 26.9. The molecule has 4 aromatic rings. The summed E-state index contributed by atoms with van der Waals surface area (Å²) in [5.41, 5.74) is 4.60. The number of aryl methyl sites for hydroxylation is 1. The SMILES string of the molecule is CCOC(=O)Cc1c(C(=O)c2ccc(Br)cc2)sc(SCc2ccccc2C#N)c1-[n+]1ccc(C)cc1.[Br-]. The number of pyridine rings is 1. The minimum absolute atomic E-state index is 0. The van der Waals surface area contributed by atoms with Crippen LogP contribution in [0.4, 0.5) is 0 Å². The van der Waals surface area contributed by atoms with E-state index < -0.39 is 0 Å². The normalized spacial score (nSPS) is 10.4. The van der Waals surface area contributed by atoms with Gasteiger partial charge < -0.3 is 21.7 Å². The third-order valence-electron chi connectivity index (χ3n) is 5.64. The van der Waals surface area contributed by atoms with Crippen LogP contribution in [-0.2, 0) is 21.7 Å². The van der Waals surface area contributed by atoms with Crippen molar-refractivity contribution in [2.45, 2.75) is 30.2 Å². The monoisotopic (exact) mass is 670 g/mol. The Morgan fingerprint density at radius 2 is 1.76 bits per heavy atom. The van der Waals surface area contributed by atoms with Gasteiger partial charge in [0.25, 0.3) is 0 Å². The van der Waals surface area contributed by atoms with E-state index in [-0.39, 0.29) is 41.8 Å². The third kappa shape index (κ3) is 7.00. The molecule has 38 heavy (non-hydrogen) atoms. The van der Waals surface area contributed by atoms with Gasteiger partial charge in [0, 0.05) is 27.9 Å². The summed E-state index contributed by atoms with van der Waals surface area (Å²) in [6.07, 6.45) is 3.86. The van der Waals surface area contributed by atoms with E-state index in [9.17, 15) is 14.9 Å². The highest BCUT2D eigenvalue weighted by Crippen LogP contribution is 2.40. The minimum atomic E-state index is -0.384. The average molecular weight is 672 g/mol. The summed E-state index contributed by atoms with van der Waals surface area (Å²) in [6, 6.07) is 20.9. The van der Waals surface area contributed by atoms with Crippen molar-refractivity contribution < 1.29 is 35.9 Å². The molecule has 0 unspecified atom stereocenters. The maximum Gasteiger partial charge on any atom is 0.310 e. The van der Waals surface area contributed by atoms with E-state index in [1.807, 2.05) is 66.3 Å². The summed E-state index contributed by atoms with van der Waals surface area (Å²) in [5, 5.41) is 9.53. The lowest BCUT2D eigenvalue weighted by atomic mass is 10.0. The highest BCUT2D eigenvalue weighted by atomic mass is 79.9. The summed E-state index contributed by atoms with van der Waals surface area (Å²) < 4.78 is 9.00. The van der Waals surface area contributed by atoms with Gasteiger partial charge >= 0.3 is 5.97 Å². The van der Waals surface area contributed by atoms with Crippen molar-refractivity contribution in [1.82, 2.24) is 0 Å². The van der Waals surface area contributed by atoms with E-state index in [2.05, 4.69) is 22.0 Å². The molecule has 0 saturated carbocycles. The Bertz CT molecular complexity index is 1480. The number of hydrogen-bond acceptors (Lipinski definition) is 6. The lowest BCUT2D eigenvalue weighted by molar-refractivity contribution is -0.598. The molecule has 0 aliphatic rings. The molecule has 0 spiro atoms. The molecule has 0 radical (unpaired) electrons. The van der Waals surface area contributed by atoms with Crippen molar-refractivity contribution in [2.24, 2.45) is 0 Å². The first kappa shape index (κ1) is 29.8. The Morgan fingerprint density at radius 1 is 1.08 bits per heavy atom. The van der Waals surface area contributed by atoms with Gasteiger partial charge in [-0.2, -0.15) is 9.83 Å². The van der Waals surface area contributed by atoms with Gasteiger partial charge in [-0.1, -0.05) is 34.1 Å². The predicted octanol–water partition coefficient (Wildman–Crippen LogP) is 3.60. The highest BCUT2D eigenvalue weighted by molar-refractivity contribution is 9.10. The Labute approximate surface area is 249 Å². The number of thioether (sulfide) groups is 1. The molecule has 9 heteroatoms. The summed E-state index contributed by atoms with van der Waals surface area (Å²) in [7, 11) is 0. The zero-order valence-electron chi connectivity index (χ0n) is 20.7. The van der Waals surface area contributed by atoms with Crippen LogP contribution in [0, 0.1) is 18.3 Å². The summed E-state index contributed by atoms with van der Waals surface area (Å²) >= 11 is 6.35. The number of benzene rings is 2. The number of carbonyl (C=O) groups excluding carboxylic acids is 2. The number of thiophene rings is 1. The highest BCUT2D eigenvalue weighted by Gasteiger charge is 2.31. The van der Waals surface area contributed by atoms with Gasteiger partial charge in [-0.3, -0.25) is 9.59 Å². The van der Waals surface area contributed by atoms with Crippen molar-refractivity contribution in [1.29, 1.82) is 5.26 Å². The fourth-order valence-corrected chi connectivity index (χ4v) is 6.62. The van der Waals surface area contributed by atoms with Crippen LogP contribution in [0.3, 0.4) is 0 Å². The van der Waals surface area contributed by atoms with Gasteiger partial charge in [0.2, 0.25) is 11.5 Å². The average Bonchev–Trinajstić information content (AvgIpc) is 3.26. The molecule has 0 N–H and O–H groups in total. The van der Waals surface area contributed by atoms with Crippen LogP contribution in [0.1, 0.15) is 44.4 Å². The molecule has 4 rings (SSSR count). The summed E-state index contributed by atoms with van der Waals surface area (Å²) in [5.74, 6) is 0.0227. The van der Waals surface area contributed by atoms with Crippen LogP contribution in [-0.4, -0.2) is 18.4 Å². The molecule has 0 aliphatic heterocycles. The minimum Gasteiger partial charge on any atom is -1.00 e. The molecule has 0 fully saturated rings. The Hall–Kier alpha value is -2.77. The van der Waals surface area contributed by atoms with Gasteiger partial charge in [0.15, 0.2) is 12.4 Å². The first-order chi connectivity index (χ1) is 17.9. The Kier molecular flexibility index (Phi) is 10.9. The number of ether oxygens (including phenoxy) is 1. The lowest BCUT2D eigenvalue weighted by Gasteiger charge is -2.06. The maximum absolute atomic E-state index is 13.7. The molecule has 2 aromatic heterocycles. The van der Waals surface area contributed by atoms with Crippen LogP contribution in [0.25, 0.3) is 5.69 Å². The van der Waals surface area contributed by atoms with Gasteiger partial charge in [-0.15, -0.1) is 23.1 Å². The third-order valence-corrected chi connectivity index (χ3v) is 8.70. The molecule has 2 heterocycles. The second kappa shape index (κ2) is 13.9. The summed E-state index contributed by atoms with van der Waals surface area (Å²) in [6.45, 7) is 4.04. The fraction of sp³-hybridized carbons (Fsp3) is 0.172. The van der Waals surface area contributed by atoms with Gasteiger partial charge in [-0.25, -0.2) is 0 Å². The van der Waals surface area contributed by atoms with E-state index in [0.29, 0.717) is 27.3 Å². The molecular weight excluding hydrogens is 648 g/mol. The van der Waals surface area contributed by atoms with Crippen molar-refractivity contribution in [2.75, 3.05) is 6.61 Å². The Morgan fingerprint density at radius 3 is 2.42 bits per heavy atom. The number of halogens is 2. The smallest absolute Gasteiger partial charge is 0.310 e. The first-order valence-electron chi connectivity index (χ1n) is 11.6. The largest absolute Gasteiger partial charge is 1.00 e. The standard InChI is InChI=1S/C29H24BrN2O3S2.BrH/c1-3-35-25(33)16-24-26(32-14-12-19(2)13-15-32)29(36-18-22-7-5-4-6-21(22)17-31)37-28(24)27(34)20-8-10-23(30)11-9-20;/h4-15H,3,16,18H2,1-2H3;1H/q+1;/p-1. The van der Waals surface area contributed by atoms with Gasteiger partial charge in [0.1, 0.15) is 4.21 Å². The molecule has 0 aliphatic carbocycles. The number of carbonyl (C=O) groups is 2. The molecule has 0 saturated heterocycles. The van der Waals surface area contributed by atoms with E-state index >= 15 is 0 Å². The molecule has 2 aromatic carbocycles. The second-order valence-electron chi connectivity index (χ2n) is 8.20. The number of esters is 1. The number of hydrogen-bond donors (Lipinski definition) is 0. The topological polar surface area (TPSA) is 71.0 Å². The van der Waals surface area contributed by atoms with E-state index in [4.69, 9.17) is 4.74 Å². The number of aromatic nitrogens is 1. The molecule has 0 atom stereocenters. The van der Waals surface area contributed by atoms with Crippen LogP contribution in [0.15, 0.2) is 81.7 Å². The zero-order chi connectivity index (χ0) is 26.4. The van der Waals surface area contributed by atoms with Gasteiger partial charge in [0.05, 0.1) is 35.1 Å². The predicted molar refractivity (Wildman–Crippen MR) is 149 cm³/mol. The second-order valence-corrected chi connectivity index (χ2v) is 11.4. The number of rotatable bonds is 9. The van der Waals surface area contributed by atoms with Crippen molar-refractivity contribution in [3.05, 3.63) is 110 Å². The first-order valence-corrected chi connectivity index (χ1v) is 14.2. The molecule has 5 nitrogen and oxygen atoms in total. The zero-order valence-corrected chi connectivity index (χ0v) is 25.5. The fourth-order valence-electron chi connectivity index (χ4n) is 3.78. The van der Waals surface area contributed by atoms with Crippen molar-refractivity contribution in [3.8, 4) is 11.8 Å². The number of nitriles is 1. The van der Waals surface area contributed by atoms with Crippen LogP contribution >= 0.6 is 39.0 Å². The van der Waals surface area contributed by atoms with E-state index in [1.54, 1.807) is 36.9 Å². The molecule has 0 amide bonds. The Balaban J connectivity index is 0.00000400. The van der Waals surface area contributed by atoms with Crippen LogP contribution in [0.5, 0.6) is 0 Å². The molecule has 194 valence electrons. The molecule has 0 bridgehead atoms. The van der Waals surface area contributed by atoms with Crippen molar-refractivity contribution >= 4 is 50.8 Å². The lowest BCUT2D eigenvalue weighted by Crippen LogP contribution is -3.00. The van der Waals surface area contributed by atoms with Gasteiger partial charge in [-0.05, 0) is 55.3 Å². The maximum atomic E-state index is 13.7.